The zero-order chi connectivity index (χ0) is 25.8. The molecule has 0 radical (unpaired) electrons. The number of hydrogen-bond donors (Lipinski definition) is 2. The Bertz CT molecular complexity index is 1300. The molecule has 10 heteroatoms. The lowest BCUT2D eigenvalue weighted by Gasteiger charge is -2.32. The number of nitriles is 1. The molecule has 0 amide bonds. The summed E-state index contributed by atoms with van der Waals surface area (Å²) in [4.78, 5) is 22.6. The number of hydrogen-bond acceptors (Lipinski definition) is 8. The summed E-state index contributed by atoms with van der Waals surface area (Å²) in [5.41, 5.74) is 9.97. The Hall–Kier alpha value is -3.54. The highest BCUT2D eigenvalue weighted by atomic mass is 35.5. The number of piperidine rings is 1. The van der Waals surface area contributed by atoms with Crippen molar-refractivity contribution in [3.8, 4) is 6.07 Å². The fraction of sp³-hybridized carbons (Fsp3) is 0.308. The van der Waals surface area contributed by atoms with Gasteiger partial charge in [-0.2, -0.15) is 5.26 Å². The van der Waals surface area contributed by atoms with E-state index in [2.05, 4.69) is 21.4 Å². The predicted molar refractivity (Wildman–Crippen MR) is 142 cm³/mol. The summed E-state index contributed by atoms with van der Waals surface area (Å²) in [5.74, 6) is 0.240. The van der Waals surface area contributed by atoms with Gasteiger partial charge in [-0.3, -0.25) is 4.79 Å². The Kier molecular flexibility index (Phi) is 7.82. The zero-order valence-corrected chi connectivity index (χ0v) is 21.5. The van der Waals surface area contributed by atoms with Crippen molar-refractivity contribution in [2.24, 2.45) is 5.92 Å². The standard InChI is InChI=1S/C26H26Cl2N6O2/c1-15-11-19(20(13-29)16-3-5-18(27)6-4-16)21(28)12-22(15)33-24-23(30)25(32-14-31-24)34-9-7-17(8-10-34)26(35)36-2/h3-6,11-12,14,17,20H,7-10,30H2,1-2H3,(H,31,32,33). The molecule has 3 N–H and O–H groups in total. The van der Waals surface area contributed by atoms with E-state index in [1.807, 2.05) is 30.0 Å². The van der Waals surface area contributed by atoms with Crippen LogP contribution >= 0.6 is 23.2 Å². The van der Waals surface area contributed by atoms with Gasteiger partial charge in [-0.15, -0.1) is 0 Å². The monoisotopic (exact) mass is 524 g/mol. The van der Waals surface area contributed by atoms with Crippen LogP contribution in [0.5, 0.6) is 0 Å². The van der Waals surface area contributed by atoms with Crippen LogP contribution in [0.25, 0.3) is 0 Å². The molecule has 4 rings (SSSR count). The molecule has 1 aliphatic heterocycles. The predicted octanol–water partition coefficient (Wildman–Crippen LogP) is 5.46. The Balaban J connectivity index is 1.56. The lowest BCUT2D eigenvalue weighted by Crippen LogP contribution is -2.37. The van der Waals surface area contributed by atoms with Crippen molar-refractivity contribution in [3.63, 3.8) is 0 Å². The van der Waals surface area contributed by atoms with Gasteiger partial charge in [-0.1, -0.05) is 41.4 Å². The van der Waals surface area contributed by atoms with Crippen molar-refractivity contribution in [3.05, 3.63) is 69.5 Å². The first-order chi connectivity index (χ1) is 17.3. The van der Waals surface area contributed by atoms with Crippen LogP contribution in [-0.4, -0.2) is 36.1 Å². The van der Waals surface area contributed by atoms with E-state index < -0.39 is 5.92 Å². The molecule has 8 nitrogen and oxygen atoms in total. The number of benzene rings is 2. The molecule has 1 saturated heterocycles. The van der Waals surface area contributed by atoms with Crippen LogP contribution in [0.2, 0.25) is 10.0 Å². The van der Waals surface area contributed by atoms with E-state index in [1.165, 1.54) is 13.4 Å². The van der Waals surface area contributed by atoms with E-state index in [9.17, 15) is 10.1 Å². The Morgan fingerprint density at radius 3 is 2.56 bits per heavy atom. The van der Waals surface area contributed by atoms with Gasteiger partial charge < -0.3 is 20.7 Å². The van der Waals surface area contributed by atoms with Gasteiger partial charge in [0.15, 0.2) is 11.6 Å². The van der Waals surface area contributed by atoms with Crippen molar-refractivity contribution < 1.29 is 9.53 Å². The molecule has 1 unspecified atom stereocenters. The minimum absolute atomic E-state index is 0.111. The first-order valence-electron chi connectivity index (χ1n) is 11.5. The van der Waals surface area contributed by atoms with Gasteiger partial charge in [-0.25, -0.2) is 9.97 Å². The Morgan fingerprint density at radius 1 is 1.22 bits per heavy atom. The fourth-order valence-electron chi connectivity index (χ4n) is 4.40. The molecule has 1 aromatic heterocycles. The molecule has 0 saturated carbocycles. The number of nitrogens with zero attached hydrogens (tertiary/aromatic N) is 4. The zero-order valence-electron chi connectivity index (χ0n) is 20.0. The van der Waals surface area contributed by atoms with Crippen LogP contribution < -0.4 is 16.0 Å². The molecule has 0 aliphatic carbocycles. The molecule has 0 spiro atoms. The number of anilines is 4. The molecule has 36 heavy (non-hydrogen) atoms. The second kappa shape index (κ2) is 11.0. The van der Waals surface area contributed by atoms with Crippen LogP contribution in [0, 0.1) is 24.2 Å². The van der Waals surface area contributed by atoms with Crippen LogP contribution in [0.3, 0.4) is 0 Å². The molecule has 3 aromatic rings. The first kappa shape index (κ1) is 25.5. The average molecular weight is 525 g/mol. The maximum atomic E-state index is 11.8. The summed E-state index contributed by atoms with van der Waals surface area (Å²) < 4.78 is 4.87. The number of nitrogen functional groups attached to an aromatic ring is 1. The van der Waals surface area contributed by atoms with Gasteiger partial charge >= 0.3 is 5.97 Å². The smallest absolute Gasteiger partial charge is 0.308 e. The molecule has 1 fully saturated rings. The van der Waals surface area contributed by atoms with E-state index in [4.69, 9.17) is 33.7 Å². The maximum absolute atomic E-state index is 11.8. The van der Waals surface area contributed by atoms with E-state index in [1.54, 1.807) is 18.2 Å². The summed E-state index contributed by atoms with van der Waals surface area (Å²) >= 11 is 12.6. The number of aryl methyl sites for hydroxylation is 1. The van der Waals surface area contributed by atoms with E-state index in [-0.39, 0.29) is 11.9 Å². The minimum atomic E-state index is -0.536. The number of halogens is 2. The molecular weight excluding hydrogens is 499 g/mol. The second-order valence-corrected chi connectivity index (χ2v) is 9.51. The number of methoxy groups -OCH3 is 1. The number of aromatic nitrogens is 2. The van der Waals surface area contributed by atoms with Gasteiger partial charge in [0.2, 0.25) is 0 Å². The normalized spacial score (nSPS) is 14.7. The fourth-order valence-corrected chi connectivity index (χ4v) is 4.80. The highest BCUT2D eigenvalue weighted by molar-refractivity contribution is 6.32. The van der Waals surface area contributed by atoms with E-state index in [0.717, 1.165) is 16.8 Å². The second-order valence-electron chi connectivity index (χ2n) is 8.67. The Morgan fingerprint density at radius 2 is 1.92 bits per heavy atom. The summed E-state index contributed by atoms with van der Waals surface area (Å²) in [7, 11) is 1.41. The first-order valence-corrected chi connectivity index (χ1v) is 12.2. The van der Waals surface area contributed by atoms with Crippen molar-refractivity contribution in [1.82, 2.24) is 9.97 Å². The van der Waals surface area contributed by atoms with E-state index in [0.29, 0.717) is 58.9 Å². The summed E-state index contributed by atoms with van der Waals surface area (Å²) in [6.45, 7) is 3.20. The lowest BCUT2D eigenvalue weighted by molar-refractivity contribution is -0.146. The highest BCUT2D eigenvalue weighted by Gasteiger charge is 2.28. The van der Waals surface area contributed by atoms with Gasteiger partial charge in [0, 0.05) is 28.8 Å². The SMILES string of the molecule is COC(=O)C1CCN(c2ncnc(Nc3cc(Cl)c(C(C#N)c4ccc(Cl)cc4)cc3C)c2N)CC1. The average Bonchev–Trinajstić information content (AvgIpc) is 2.89. The highest BCUT2D eigenvalue weighted by Crippen LogP contribution is 2.37. The summed E-state index contributed by atoms with van der Waals surface area (Å²) in [6.07, 6.45) is 2.80. The molecule has 1 aliphatic rings. The topological polar surface area (TPSA) is 117 Å². The number of ether oxygens (including phenoxy) is 1. The molecule has 2 heterocycles. The molecule has 0 bridgehead atoms. The lowest BCUT2D eigenvalue weighted by atomic mass is 9.91. The number of nitrogens with one attached hydrogen (secondary N) is 1. The number of carbonyl (C=O) groups excluding carboxylic acids is 1. The third-order valence-electron chi connectivity index (χ3n) is 6.43. The maximum Gasteiger partial charge on any atom is 0.308 e. The van der Waals surface area contributed by atoms with Crippen LogP contribution in [0.15, 0.2) is 42.7 Å². The van der Waals surface area contributed by atoms with Crippen LogP contribution in [0.4, 0.5) is 23.0 Å². The van der Waals surface area contributed by atoms with E-state index >= 15 is 0 Å². The van der Waals surface area contributed by atoms with Gasteiger partial charge in [0.25, 0.3) is 0 Å². The summed E-state index contributed by atoms with van der Waals surface area (Å²) in [6, 6.07) is 13.2. The number of carbonyl (C=O) groups is 1. The third kappa shape index (κ3) is 5.32. The number of esters is 1. The quantitative estimate of drug-likeness (QED) is 0.408. The Labute approximate surface area is 220 Å². The van der Waals surface area contributed by atoms with Crippen molar-refractivity contribution >= 4 is 52.2 Å². The van der Waals surface area contributed by atoms with Crippen molar-refractivity contribution in [2.75, 3.05) is 36.1 Å². The molecular formula is C26H26Cl2N6O2. The van der Waals surface area contributed by atoms with Crippen molar-refractivity contribution in [1.29, 1.82) is 5.26 Å². The van der Waals surface area contributed by atoms with Gasteiger partial charge in [-0.05, 0) is 54.7 Å². The largest absolute Gasteiger partial charge is 0.469 e. The van der Waals surface area contributed by atoms with Crippen molar-refractivity contribution in [2.45, 2.75) is 25.7 Å². The molecule has 2 aromatic carbocycles. The minimum Gasteiger partial charge on any atom is -0.469 e. The number of rotatable bonds is 6. The third-order valence-corrected chi connectivity index (χ3v) is 7.01. The van der Waals surface area contributed by atoms with Crippen LogP contribution in [0.1, 0.15) is 35.4 Å². The van der Waals surface area contributed by atoms with Crippen LogP contribution in [-0.2, 0) is 9.53 Å². The van der Waals surface area contributed by atoms with Gasteiger partial charge in [0.1, 0.15) is 12.0 Å². The number of nitrogens with two attached hydrogens (primary N) is 1. The molecule has 1 atom stereocenters. The van der Waals surface area contributed by atoms with Gasteiger partial charge in [0.05, 0.1) is 25.0 Å². The molecule has 186 valence electrons. The summed E-state index contributed by atoms with van der Waals surface area (Å²) in [5, 5.41) is 14.2.